The number of amides is 2. The number of urea groups is 1. The van der Waals surface area contributed by atoms with E-state index in [1.54, 1.807) is 0 Å². The topological polar surface area (TPSA) is 78.9 Å². The number of carboxylic acids is 1. The van der Waals surface area contributed by atoms with Crippen LogP contribution in [0.5, 0.6) is 0 Å². The molecule has 0 spiro atoms. The molecule has 0 fully saturated rings. The number of carbonyl (C=O) groups excluding carboxylic acids is 1. The van der Waals surface area contributed by atoms with Crippen molar-refractivity contribution in [2.75, 3.05) is 32.1 Å². The molecule has 2 amide bonds. The Morgan fingerprint density at radius 1 is 1.38 bits per heavy atom. The average Bonchev–Trinajstić information content (AvgIpc) is 2.38. The molecule has 0 bridgehead atoms. The number of aliphatic carboxylic acids is 1. The maximum Gasteiger partial charge on any atom is 0.323 e. The first kappa shape index (κ1) is 17.5. The Labute approximate surface area is 132 Å². The monoisotopic (exact) mass is 358 g/mol. The third-order valence-electron chi connectivity index (χ3n) is 2.84. The Kier molecular flexibility index (Phi) is 6.64. The maximum atomic E-state index is 12.2. The molecule has 2 N–H and O–H groups in total. The predicted octanol–water partition coefficient (Wildman–Crippen LogP) is 2.63. The summed E-state index contributed by atoms with van der Waals surface area (Å²) in [6.07, 6.45) is 0. The number of carbonyl (C=O) groups is 2. The van der Waals surface area contributed by atoms with Crippen molar-refractivity contribution in [3.05, 3.63) is 27.7 Å². The van der Waals surface area contributed by atoms with Crippen LogP contribution in [-0.4, -0.2) is 48.8 Å². The number of nitrogens with zero attached hydrogens (tertiary/aromatic N) is 1. The molecule has 6 nitrogen and oxygen atoms in total. The molecule has 21 heavy (non-hydrogen) atoms. The lowest BCUT2D eigenvalue weighted by molar-refractivity contribution is -0.137. The van der Waals surface area contributed by atoms with Crippen LogP contribution in [0.3, 0.4) is 0 Å². The molecule has 0 aliphatic heterocycles. The quantitative estimate of drug-likeness (QED) is 0.819. The van der Waals surface area contributed by atoms with Crippen LogP contribution in [0.4, 0.5) is 10.5 Å². The Balaban J connectivity index is 2.88. The van der Waals surface area contributed by atoms with Gasteiger partial charge in [-0.3, -0.25) is 4.79 Å². The smallest absolute Gasteiger partial charge is 0.323 e. The first-order chi connectivity index (χ1) is 9.85. The second-order valence-electron chi connectivity index (χ2n) is 4.68. The first-order valence-electron chi connectivity index (χ1n) is 6.38. The maximum absolute atomic E-state index is 12.2. The second-order valence-corrected chi connectivity index (χ2v) is 5.53. The lowest BCUT2D eigenvalue weighted by atomic mass is 10.1. The molecule has 0 aromatic heterocycles. The van der Waals surface area contributed by atoms with Gasteiger partial charge in [0.1, 0.15) is 6.54 Å². The van der Waals surface area contributed by atoms with Crippen LogP contribution < -0.4 is 5.32 Å². The number of hydrogen-bond acceptors (Lipinski definition) is 3. The molecule has 0 radical (unpaired) electrons. The van der Waals surface area contributed by atoms with E-state index in [1.165, 1.54) is 12.0 Å². The third-order valence-corrected chi connectivity index (χ3v) is 3.47. The zero-order chi connectivity index (χ0) is 16.0. The molecule has 0 aliphatic rings. The third kappa shape index (κ3) is 5.35. The van der Waals surface area contributed by atoms with E-state index in [2.05, 4.69) is 21.2 Å². The van der Waals surface area contributed by atoms with Gasteiger partial charge in [0.2, 0.25) is 0 Å². The van der Waals surface area contributed by atoms with Crippen molar-refractivity contribution in [2.24, 2.45) is 0 Å². The van der Waals surface area contributed by atoms with Gasteiger partial charge in [0.05, 0.1) is 12.3 Å². The highest BCUT2D eigenvalue weighted by Crippen LogP contribution is 2.28. The van der Waals surface area contributed by atoms with E-state index < -0.39 is 12.0 Å². The van der Waals surface area contributed by atoms with Gasteiger partial charge in [-0.25, -0.2) is 4.79 Å². The van der Waals surface area contributed by atoms with Crippen LogP contribution in [0.25, 0.3) is 0 Å². The number of nitrogens with one attached hydrogen (secondary N) is 1. The van der Waals surface area contributed by atoms with Gasteiger partial charge in [0.15, 0.2) is 0 Å². The van der Waals surface area contributed by atoms with Crippen molar-refractivity contribution in [1.29, 1.82) is 0 Å². The van der Waals surface area contributed by atoms with Crippen LogP contribution in [0, 0.1) is 13.8 Å². The SMILES string of the molecule is COCCN(CC(=O)O)C(=O)Nc1c(C)cc(C)cc1Br. The summed E-state index contributed by atoms with van der Waals surface area (Å²) < 4.78 is 5.65. The number of ether oxygens (including phenoxy) is 1. The molecule has 7 heteroatoms. The van der Waals surface area contributed by atoms with Crippen LogP contribution in [0.15, 0.2) is 16.6 Å². The Hall–Kier alpha value is -1.60. The number of benzene rings is 1. The van der Waals surface area contributed by atoms with Crippen molar-refractivity contribution in [3.8, 4) is 0 Å². The van der Waals surface area contributed by atoms with Crippen LogP contribution in [0.1, 0.15) is 11.1 Å². The largest absolute Gasteiger partial charge is 0.480 e. The van der Waals surface area contributed by atoms with E-state index in [9.17, 15) is 9.59 Å². The summed E-state index contributed by atoms with van der Waals surface area (Å²) in [4.78, 5) is 24.2. The Morgan fingerprint density at radius 3 is 2.57 bits per heavy atom. The molecular weight excluding hydrogens is 340 g/mol. The molecule has 0 unspecified atom stereocenters. The summed E-state index contributed by atoms with van der Waals surface area (Å²) in [5.41, 5.74) is 2.61. The summed E-state index contributed by atoms with van der Waals surface area (Å²) >= 11 is 3.40. The Morgan fingerprint density at radius 2 is 2.05 bits per heavy atom. The van der Waals surface area contributed by atoms with Gasteiger partial charge in [0.25, 0.3) is 0 Å². The summed E-state index contributed by atoms with van der Waals surface area (Å²) in [5, 5.41) is 11.6. The minimum absolute atomic E-state index is 0.206. The van der Waals surface area contributed by atoms with Gasteiger partial charge < -0.3 is 20.1 Å². The fraction of sp³-hybridized carbons (Fsp3) is 0.429. The van der Waals surface area contributed by atoms with Crippen LogP contribution in [0.2, 0.25) is 0 Å². The number of aryl methyl sites for hydroxylation is 2. The fourth-order valence-electron chi connectivity index (χ4n) is 1.88. The minimum Gasteiger partial charge on any atom is -0.480 e. The van der Waals surface area contributed by atoms with E-state index in [-0.39, 0.29) is 19.7 Å². The summed E-state index contributed by atoms with van der Waals surface area (Å²) in [6, 6.07) is 3.36. The van der Waals surface area contributed by atoms with Gasteiger partial charge in [-0.2, -0.15) is 0 Å². The van der Waals surface area contributed by atoms with Gasteiger partial charge in [-0.15, -0.1) is 0 Å². The van der Waals surface area contributed by atoms with Crippen molar-refractivity contribution in [3.63, 3.8) is 0 Å². The average molecular weight is 359 g/mol. The first-order valence-corrected chi connectivity index (χ1v) is 7.18. The van der Waals surface area contributed by atoms with Gasteiger partial charge in [-0.05, 0) is 47.0 Å². The number of rotatable bonds is 6. The zero-order valence-electron chi connectivity index (χ0n) is 12.3. The lowest BCUT2D eigenvalue weighted by Crippen LogP contribution is -2.40. The van der Waals surface area contributed by atoms with Crippen molar-refractivity contribution >= 4 is 33.6 Å². The number of hydrogen-bond donors (Lipinski definition) is 2. The number of halogens is 1. The molecule has 1 rings (SSSR count). The molecule has 116 valence electrons. The molecule has 1 aromatic rings. The highest BCUT2D eigenvalue weighted by Gasteiger charge is 2.18. The number of carboxylic acid groups (broad SMARTS) is 1. The van der Waals surface area contributed by atoms with Gasteiger partial charge >= 0.3 is 12.0 Å². The summed E-state index contributed by atoms with van der Waals surface area (Å²) in [7, 11) is 1.50. The Bertz CT molecular complexity index is 511. The normalized spacial score (nSPS) is 10.3. The molecule has 0 atom stereocenters. The molecule has 0 saturated carbocycles. The highest BCUT2D eigenvalue weighted by molar-refractivity contribution is 9.10. The van der Waals surface area contributed by atoms with Gasteiger partial charge in [-0.1, -0.05) is 6.07 Å². The minimum atomic E-state index is -1.07. The molecule has 0 heterocycles. The predicted molar refractivity (Wildman–Crippen MR) is 83.7 cm³/mol. The number of methoxy groups -OCH3 is 1. The van der Waals surface area contributed by atoms with E-state index in [0.29, 0.717) is 5.69 Å². The lowest BCUT2D eigenvalue weighted by Gasteiger charge is -2.22. The molecule has 1 aromatic carbocycles. The highest BCUT2D eigenvalue weighted by atomic mass is 79.9. The van der Waals surface area contributed by atoms with Crippen molar-refractivity contribution < 1.29 is 19.4 Å². The molecule has 0 saturated heterocycles. The van der Waals surface area contributed by atoms with E-state index >= 15 is 0 Å². The van der Waals surface area contributed by atoms with E-state index in [0.717, 1.165) is 15.6 Å². The molecule has 0 aliphatic carbocycles. The van der Waals surface area contributed by atoms with Crippen molar-refractivity contribution in [1.82, 2.24) is 4.90 Å². The van der Waals surface area contributed by atoms with Crippen molar-refractivity contribution in [2.45, 2.75) is 13.8 Å². The second kappa shape index (κ2) is 7.99. The fourth-order valence-corrected chi connectivity index (χ4v) is 2.65. The number of anilines is 1. The van der Waals surface area contributed by atoms with E-state index in [1.807, 2.05) is 26.0 Å². The molecular formula is C14H19BrN2O4. The van der Waals surface area contributed by atoms with Crippen LogP contribution >= 0.6 is 15.9 Å². The standard InChI is InChI=1S/C14H19BrN2O4/c1-9-6-10(2)13(11(15)7-9)16-14(20)17(4-5-21-3)8-12(18)19/h6-7H,4-5,8H2,1-3H3,(H,16,20)(H,18,19). The van der Waals surface area contributed by atoms with Crippen LogP contribution in [-0.2, 0) is 9.53 Å². The summed E-state index contributed by atoms with van der Waals surface area (Å²) in [6.45, 7) is 3.94. The van der Waals surface area contributed by atoms with E-state index in [4.69, 9.17) is 9.84 Å². The summed E-state index contributed by atoms with van der Waals surface area (Å²) in [5.74, 6) is -1.07. The van der Waals surface area contributed by atoms with Gasteiger partial charge in [0, 0.05) is 18.1 Å². The zero-order valence-corrected chi connectivity index (χ0v) is 13.9.